The zero-order chi connectivity index (χ0) is 13.1. The first-order valence-corrected chi connectivity index (χ1v) is 7.48. The molecule has 1 aliphatic carbocycles. The Labute approximate surface area is 114 Å². The van der Waals surface area contributed by atoms with Gasteiger partial charge in [0.1, 0.15) is 0 Å². The molecule has 0 spiro atoms. The zero-order valence-corrected chi connectivity index (χ0v) is 11.4. The topological polar surface area (TPSA) is 65.1 Å². The number of nitrogens with two attached hydrogens (primary N) is 1. The number of nitrogens with one attached hydrogen (secondary N) is 1. The summed E-state index contributed by atoms with van der Waals surface area (Å²) in [5.74, 6) is 5.66. The lowest BCUT2D eigenvalue weighted by Gasteiger charge is -2.21. The molecule has 1 saturated heterocycles. The molecular weight excluding hydrogens is 240 g/mol. The highest BCUT2D eigenvalue weighted by Crippen LogP contribution is 2.29. The van der Waals surface area contributed by atoms with Gasteiger partial charge < -0.3 is 4.74 Å². The van der Waals surface area contributed by atoms with Crippen LogP contribution in [-0.4, -0.2) is 28.5 Å². The SMILES string of the molecule is NNC(Cc1ccn(C2CCCC2)n1)C1CCCO1. The van der Waals surface area contributed by atoms with Crippen LogP contribution < -0.4 is 11.3 Å². The molecule has 5 nitrogen and oxygen atoms in total. The Morgan fingerprint density at radius 3 is 2.89 bits per heavy atom. The normalized spacial score (nSPS) is 26.1. The smallest absolute Gasteiger partial charge is 0.0746 e. The molecule has 3 rings (SSSR count). The quantitative estimate of drug-likeness (QED) is 0.625. The second-order valence-corrected chi connectivity index (χ2v) is 5.75. The molecule has 1 aliphatic heterocycles. The van der Waals surface area contributed by atoms with E-state index >= 15 is 0 Å². The number of rotatable bonds is 5. The van der Waals surface area contributed by atoms with Gasteiger partial charge in [0.25, 0.3) is 0 Å². The molecule has 2 unspecified atom stereocenters. The van der Waals surface area contributed by atoms with E-state index in [-0.39, 0.29) is 12.1 Å². The molecular formula is C14H24N4O. The average molecular weight is 264 g/mol. The number of hydrazine groups is 1. The maximum Gasteiger partial charge on any atom is 0.0746 e. The Bertz CT molecular complexity index is 394. The molecule has 0 bridgehead atoms. The molecule has 0 radical (unpaired) electrons. The molecule has 0 aromatic carbocycles. The first-order chi connectivity index (χ1) is 9.36. The number of ether oxygens (including phenoxy) is 1. The molecule has 1 aromatic rings. The maximum atomic E-state index is 5.71. The van der Waals surface area contributed by atoms with E-state index < -0.39 is 0 Å². The van der Waals surface area contributed by atoms with Gasteiger partial charge in [-0.15, -0.1) is 0 Å². The van der Waals surface area contributed by atoms with Crippen LogP contribution in [0.1, 0.15) is 50.3 Å². The second-order valence-electron chi connectivity index (χ2n) is 5.75. The van der Waals surface area contributed by atoms with Crippen molar-refractivity contribution < 1.29 is 4.74 Å². The first kappa shape index (κ1) is 13.1. The van der Waals surface area contributed by atoms with Crippen LogP contribution in [0.2, 0.25) is 0 Å². The average Bonchev–Trinajstić information content (AvgIpc) is 3.15. The predicted molar refractivity (Wildman–Crippen MR) is 73.5 cm³/mol. The van der Waals surface area contributed by atoms with Crippen LogP contribution in [-0.2, 0) is 11.2 Å². The number of nitrogens with zero attached hydrogens (tertiary/aromatic N) is 2. The van der Waals surface area contributed by atoms with Gasteiger partial charge in [0.05, 0.1) is 23.9 Å². The van der Waals surface area contributed by atoms with E-state index in [1.54, 1.807) is 0 Å². The van der Waals surface area contributed by atoms with Crippen LogP contribution in [0.4, 0.5) is 0 Å². The predicted octanol–water partition coefficient (Wildman–Crippen LogP) is 1.55. The summed E-state index contributed by atoms with van der Waals surface area (Å²) in [5, 5.41) is 4.72. The lowest BCUT2D eigenvalue weighted by atomic mass is 10.0. The Balaban J connectivity index is 1.61. The molecule has 2 fully saturated rings. The van der Waals surface area contributed by atoms with Crippen molar-refractivity contribution in [2.45, 2.75) is 63.1 Å². The Morgan fingerprint density at radius 1 is 1.37 bits per heavy atom. The van der Waals surface area contributed by atoms with Gasteiger partial charge >= 0.3 is 0 Å². The van der Waals surface area contributed by atoms with Crippen LogP contribution in [0.25, 0.3) is 0 Å². The fourth-order valence-corrected chi connectivity index (χ4v) is 3.30. The summed E-state index contributed by atoms with van der Waals surface area (Å²) in [6.07, 6.45) is 10.6. The van der Waals surface area contributed by atoms with Crippen molar-refractivity contribution in [1.82, 2.24) is 15.2 Å². The van der Waals surface area contributed by atoms with Crippen molar-refractivity contribution >= 4 is 0 Å². The highest BCUT2D eigenvalue weighted by atomic mass is 16.5. The molecule has 1 aromatic heterocycles. The fraction of sp³-hybridized carbons (Fsp3) is 0.786. The molecule has 1 saturated carbocycles. The van der Waals surface area contributed by atoms with Crippen molar-refractivity contribution in [3.63, 3.8) is 0 Å². The summed E-state index contributed by atoms with van der Waals surface area (Å²) in [6, 6.07) is 2.91. The molecule has 0 amide bonds. The van der Waals surface area contributed by atoms with Crippen LogP contribution in [0.15, 0.2) is 12.3 Å². The molecule has 2 aliphatic rings. The third-order valence-electron chi connectivity index (χ3n) is 4.42. The number of hydrogen-bond acceptors (Lipinski definition) is 4. The lowest BCUT2D eigenvalue weighted by molar-refractivity contribution is 0.0781. The Morgan fingerprint density at radius 2 is 2.21 bits per heavy atom. The van der Waals surface area contributed by atoms with Gasteiger partial charge in [-0.3, -0.25) is 16.0 Å². The van der Waals surface area contributed by atoms with Crippen molar-refractivity contribution in [3.05, 3.63) is 18.0 Å². The summed E-state index contributed by atoms with van der Waals surface area (Å²) >= 11 is 0. The zero-order valence-electron chi connectivity index (χ0n) is 11.4. The van der Waals surface area contributed by atoms with Crippen LogP contribution in [0.3, 0.4) is 0 Å². The molecule has 106 valence electrons. The van der Waals surface area contributed by atoms with Crippen molar-refractivity contribution in [2.75, 3.05) is 6.61 Å². The molecule has 3 N–H and O–H groups in total. The third kappa shape index (κ3) is 2.99. The largest absolute Gasteiger partial charge is 0.377 e. The third-order valence-corrected chi connectivity index (χ3v) is 4.42. The van der Waals surface area contributed by atoms with Crippen molar-refractivity contribution in [3.8, 4) is 0 Å². The van der Waals surface area contributed by atoms with Gasteiger partial charge in [-0.25, -0.2) is 0 Å². The van der Waals surface area contributed by atoms with E-state index in [0.29, 0.717) is 6.04 Å². The van der Waals surface area contributed by atoms with Gasteiger partial charge in [0.2, 0.25) is 0 Å². The molecule has 19 heavy (non-hydrogen) atoms. The summed E-state index contributed by atoms with van der Waals surface area (Å²) < 4.78 is 7.85. The fourth-order valence-electron chi connectivity index (χ4n) is 3.30. The van der Waals surface area contributed by atoms with Gasteiger partial charge in [0.15, 0.2) is 0 Å². The van der Waals surface area contributed by atoms with E-state index in [1.807, 2.05) is 0 Å². The van der Waals surface area contributed by atoms with E-state index in [0.717, 1.165) is 31.6 Å². The molecule has 5 heteroatoms. The second kappa shape index (κ2) is 6.03. The monoisotopic (exact) mass is 264 g/mol. The van der Waals surface area contributed by atoms with E-state index in [4.69, 9.17) is 15.7 Å². The van der Waals surface area contributed by atoms with E-state index in [9.17, 15) is 0 Å². The Hall–Kier alpha value is -0.910. The molecule has 2 atom stereocenters. The summed E-state index contributed by atoms with van der Waals surface area (Å²) in [5.41, 5.74) is 4.01. The minimum Gasteiger partial charge on any atom is -0.377 e. The minimum absolute atomic E-state index is 0.175. The van der Waals surface area contributed by atoms with E-state index in [2.05, 4.69) is 22.4 Å². The number of hydrogen-bond donors (Lipinski definition) is 2. The van der Waals surface area contributed by atoms with Gasteiger partial charge in [-0.1, -0.05) is 12.8 Å². The Kier molecular flexibility index (Phi) is 4.15. The minimum atomic E-state index is 0.175. The lowest BCUT2D eigenvalue weighted by Crippen LogP contribution is -2.45. The van der Waals surface area contributed by atoms with E-state index in [1.165, 1.54) is 25.7 Å². The van der Waals surface area contributed by atoms with Gasteiger partial charge in [-0.05, 0) is 31.7 Å². The van der Waals surface area contributed by atoms with Crippen LogP contribution in [0, 0.1) is 0 Å². The van der Waals surface area contributed by atoms with Gasteiger partial charge in [0, 0.05) is 19.2 Å². The van der Waals surface area contributed by atoms with Crippen LogP contribution in [0.5, 0.6) is 0 Å². The summed E-state index contributed by atoms with van der Waals surface area (Å²) in [4.78, 5) is 0. The standard InChI is InChI=1S/C14H24N4O/c15-16-13(14-6-3-9-19-14)10-11-7-8-18(17-11)12-4-1-2-5-12/h7-8,12-14,16H,1-6,9-10,15H2. The maximum absolute atomic E-state index is 5.71. The first-order valence-electron chi connectivity index (χ1n) is 7.48. The van der Waals surface area contributed by atoms with Gasteiger partial charge in [-0.2, -0.15) is 5.10 Å². The van der Waals surface area contributed by atoms with Crippen LogP contribution >= 0.6 is 0 Å². The highest BCUT2D eigenvalue weighted by Gasteiger charge is 2.26. The summed E-state index contributed by atoms with van der Waals surface area (Å²) in [7, 11) is 0. The van der Waals surface area contributed by atoms with Crippen molar-refractivity contribution in [1.29, 1.82) is 0 Å². The van der Waals surface area contributed by atoms with Crippen molar-refractivity contribution in [2.24, 2.45) is 5.84 Å². The summed E-state index contributed by atoms with van der Waals surface area (Å²) in [6.45, 7) is 0.860. The number of aromatic nitrogens is 2. The highest BCUT2D eigenvalue weighted by molar-refractivity contribution is 5.04. The molecule has 2 heterocycles.